The summed E-state index contributed by atoms with van der Waals surface area (Å²) in [5.41, 5.74) is -0.227. The van der Waals surface area contributed by atoms with Crippen LogP contribution in [0.15, 0.2) is 24.3 Å². The second kappa shape index (κ2) is 5.30. The largest absolute Gasteiger partial charge is 0.494 e. The Balaban J connectivity index is 2.91. The molecule has 0 fully saturated rings. The SMILES string of the molecule is CCOc1cccc(C(F)C(C)(C)CO)c1. The summed E-state index contributed by atoms with van der Waals surface area (Å²) < 4.78 is 19.4. The van der Waals surface area contributed by atoms with Crippen molar-refractivity contribution in [3.63, 3.8) is 0 Å². The van der Waals surface area contributed by atoms with Crippen LogP contribution < -0.4 is 4.74 Å². The zero-order chi connectivity index (χ0) is 12.2. The molecule has 1 aromatic carbocycles. The summed E-state index contributed by atoms with van der Waals surface area (Å²) in [5.74, 6) is 0.663. The van der Waals surface area contributed by atoms with E-state index in [1.807, 2.05) is 6.92 Å². The van der Waals surface area contributed by atoms with E-state index in [4.69, 9.17) is 9.84 Å². The molecule has 1 unspecified atom stereocenters. The molecule has 0 saturated heterocycles. The molecule has 1 aromatic rings. The van der Waals surface area contributed by atoms with E-state index < -0.39 is 11.6 Å². The van der Waals surface area contributed by atoms with E-state index in [9.17, 15) is 4.39 Å². The second-order valence-corrected chi connectivity index (χ2v) is 4.51. The Morgan fingerprint density at radius 3 is 2.69 bits per heavy atom. The van der Waals surface area contributed by atoms with Crippen LogP contribution >= 0.6 is 0 Å². The van der Waals surface area contributed by atoms with E-state index in [0.717, 1.165) is 0 Å². The Hall–Kier alpha value is -1.09. The number of rotatable bonds is 5. The minimum atomic E-state index is -1.20. The van der Waals surface area contributed by atoms with Crippen molar-refractivity contribution in [2.24, 2.45) is 5.41 Å². The monoisotopic (exact) mass is 226 g/mol. The highest BCUT2D eigenvalue weighted by Gasteiger charge is 2.30. The van der Waals surface area contributed by atoms with Gasteiger partial charge in [-0.25, -0.2) is 4.39 Å². The average Bonchev–Trinajstić information content (AvgIpc) is 2.29. The number of halogens is 1. The lowest BCUT2D eigenvalue weighted by atomic mass is 9.84. The summed E-state index contributed by atoms with van der Waals surface area (Å²) in [4.78, 5) is 0. The van der Waals surface area contributed by atoms with Gasteiger partial charge in [0.25, 0.3) is 0 Å². The van der Waals surface area contributed by atoms with Gasteiger partial charge in [0.05, 0.1) is 13.2 Å². The standard InChI is InChI=1S/C13H19FO2/c1-4-16-11-7-5-6-10(8-11)12(14)13(2,3)9-15/h5-8,12,15H,4,9H2,1-3H3. The molecule has 0 saturated carbocycles. The van der Waals surface area contributed by atoms with Crippen LogP contribution in [-0.2, 0) is 0 Å². The number of hydrogen-bond acceptors (Lipinski definition) is 2. The van der Waals surface area contributed by atoms with E-state index in [0.29, 0.717) is 17.9 Å². The minimum absolute atomic E-state index is 0.187. The van der Waals surface area contributed by atoms with Crippen molar-refractivity contribution in [1.82, 2.24) is 0 Å². The first-order valence-corrected chi connectivity index (χ1v) is 5.49. The lowest BCUT2D eigenvalue weighted by Crippen LogP contribution is -2.23. The molecule has 16 heavy (non-hydrogen) atoms. The molecule has 0 radical (unpaired) electrons. The third kappa shape index (κ3) is 2.95. The molecular formula is C13H19FO2. The summed E-state index contributed by atoms with van der Waals surface area (Å²) in [6.07, 6.45) is -1.20. The maximum Gasteiger partial charge on any atom is 0.132 e. The van der Waals surface area contributed by atoms with Crippen LogP contribution in [-0.4, -0.2) is 18.3 Å². The first-order valence-electron chi connectivity index (χ1n) is 5.49. The molecule has 0 bridgehead atoms. The predicted molar refractivity (Wildman–Crippen MR) is 62.3 cm³/mol. The van der Waals surface area contributed by atoms with E-state index in [-0.39, 0.29) is 6.61 Å². The smallest absolute Gasteiger partial charge is 0.132 e. The molecule has 0 aliphatic carbocycles. The third-order valence-corrected chi connectivity index (χ3v) is 2.56. The second-order valence-electron chi connectivity index (χ2n) is 4.51. The fourth-order valence-electron chi connectivity index (χ4n) is 1.46. The first-order chi connectivity index (χ1) is 7.51. The fraction of sp³-hybridized carbons (Fsp3) is 0.538. The Morgan fingerprint density at radius 1 is 1.44 bits per heavy atom. The maximum absolute atomic E-state index is 14.1. The molecule has 1 N–H and O–H groups in total. The molecule has 1 atom stereocenters. The van der Waals surface area contributed by atoms with Crippen molar-refractivity contribution >= 4 is 0 Å². The summed E-state index contributed by atoms with van der Waals surface area (Å²) in [5, 5.41) is 9.13. The van der Waals surface area contributed by atoms with Crippen LogP contribution in [0.2, 0.25) is 0 Å². The van der Waals surface area contributed by atoms with Gasteiger partial charge in [0.1, 0.15) is 11.9 Å². The Kier molecular flexibility index (Phi) is 4.30. The zero-order valence-corrected chi connectivity index (χ0v) is 10.0. The minimum Gasteiger partial charge on any atom is -0.494 e. The quantitative estimate of drug-likeness (QED) is 0.836. The lowest BCUT2D eigenvalue weighted by Gasteiger charge is -2.26. The Morgan fingerprint density at radius 2 is 2.12 bits per heavy atom. The van der Waals surface area contributed by atoms with Gasteiger partial charge in [-0.1, -0.05) is 26.0 Å². The summed E-state index contributed by atoms with van der Waals surface area (Å²) >= 11 is 0. The molecule has 90 valence electrons. The van der Waals surface area contributed by atoms with Crippen molar-refractivity contribution in [3.05, 3.63) is 29.8 Å². The van der Waals surface area contributed by atoms with Crippen LogP contribution in [0.25, 0.3) is 0 Å². The van der Waals surface area contributed by atoms with Crippen LogP contribution in [0.1, 0.15) is 32.5 Å². The van der Waals surface area contributed by atoms with Crippen molar-refractivity contribution in [3.8, 4) is 5.75 Å². The predicted octanol–water partition coefficient (Wildman–Crippen LogP) is 3.11. The topological polar surface area (TPSA) is 29.5 Å². The highest BCUT2D eigenvalue weighted by molar-refractivity contribution is 5.30. The number of benzene rings is 1. The summed E-state index contributed by atoms with van der Waals surface area (Å²) in [6, 6.07) is 6.96. The van der Waals surface area contributed by atoms with Gasteiger partial charge in [0, 0.05) is 5.41 Å². The molecule has 0 amide bonds. The summed E-state index contributed by atoms with van der Waals surface area (Å²) in [6.45, 7) is 5.66. The molecule has 3 heteroatoms. The van der Waals surface area contributed by atoms with Gasteiger partial charge in [0.15, 0.2) is 0 Å². The normalized spacial score (nSPS) is 13.6. The number of alkyl halides is 1. The van der Waals surface area contributed by atoms with E-state index in [2.05, 4.69) is 0 Å². The van der Waals surface area contributed by atoms with Gasteiger partial charge in [-0.05, 0) is 24.6 Å². The van der Waals surface area contributed by atoms with Crippen molar-refractivity contribution in [1.29, 1.82) is 0 Å². The highest BCUT2D eigenvalue weighted by Crippen LogP contribution is 2.37. The fourth-order valence-corrected chi connectivity index (χ4v) is 1.46. The summed E-state index contributed by atoms with van der Waals surface area (Å²) in [7, 11) is 0. The number of aliphatic hydroxyl groups excluding tert-OH is 1. The number of ether oxygens (including phenoxy) is 1. The third-order valence-electron chi connectivity index (χ3n) is 2.56. The van der Waals surface area contributed by atoms with Gasteiger partial charge in [-0.2, -0.15) is 0 Å². The molecule has 2 nitrogen and oxygen atoms in total. The highest BCUT2D eigenvalue weighted by atomic mass is 19.1. The zero-order valence-electron chi connectivity index (χ0n) is 10.0. The Labute approximate surface area is 96.1 Å². The molecular weight excluding hydrogens is 207 g/mol. The Bertz CT molecular complexity index is 336. The number of hydrogen-bond donors (Lipinski definition) is 1. The lowest BCUT2D eigenvalue weighted by molar-refractivity contribution is 0.0663. The molecule has 0 heterocycles. The van der Waals surface area contributed by atoms with E-state index in [1.165, 1.54) is 0 Å². The van der Waals surface area contributed by atoms with Crippen LogP contribution in [0.3, 0.4) is 0 Å². The van der Waals surface area contributed by atoms with Gasteiger partial charge in [-0.15, -0.1) is 0 Å². The van der Waals surface area contributed by atoms with Gasteiger partial charge >= 0.3 is 0 Å². The van der Waals surface area contributed by atoms with Gasteiger partial charge in [0.2, 0.25) is 0 Å². The maximum atomic E-state index is 14.1. The van der Waals surface area contributed by atoms with Crippen LogP contribution in [0, 0.1) is 5.41 Å². The van der Waals surface area contributed by atoms with E-state index in [1.54, 1.807) is 38.1 Å². The first kappa shape index (κ1) is 13.0. The molecule has 0 aromatic heterocycles. The average molecular weight is 226 g/mol. The van der Waals surface area contributed by atoms with Crippen LogP contribution in [0.4, 0.5) is 4.39 Å². The molecule has 0 aliphatic rings. The van der Waals surface area contributed by atoms with Gasteiger partial charge in [-0.3, -0.25) is 0 Å². The van der Waals surface area contributed by atoms with Crippen LogP contribution in [0.5, 0.6) is 5.75 Å². The van der Waals surface area contributed by atoms with Crippen molar-refractivity contribution < 1.29 is 14.2 Å². The molecule has 0 aliphatic heterocycles. The molecule has 1 rings (SSSR count). The molecule has 0 spiro atoms. The van der Waals surface area contributed by atoms with Gasteiger partial charge < -0.3 is 9.84 Å². The van der Waals surface area contributed by atoms with Crippen molar-refractivity contribution in [2.45, 2.75) is 26.9 Å². The van der Waals surface area contributed by atoms with Crippen molar-refractivity contribution in [2.75, 3.05) is 13.2 Å². The number of aliphatic hydroxyl groups is 1. The van der Waals surface area contributed by atoms with E-state index >= 15 is 0 Å².